The maximum Gasteiger partial charge on any atom is 0.336 e. The monoisotopic (exact) mass is 257 g/mol. The lowest BCUT2D eigenvalue weighted by molar-refractivity contribution is 0.0695. The average molecular weight is 258 g/mol. The molecule has 0 heterocycles. The second kappa shape index (κ2) is 4.57. The molecule has 1 rings (SSSR count). The highest BCUT2D eigenvalue weighted by Crippen LogP contribution is 2.24. The molecule has 14 heavy (non-hydrogen) atoms. The largest absolute Gasteiger partial charge is 0.478 e. The Bertz CT molecular complexity index is 363. The molecule has 0 unspecified atom stereocenters. The van der Waals surface area contributed by atoms with Gasteiger partial charge in [0, 0.05) is 4.47 Å². The van der Waals surface area contributed by atoms with E-state index in [0.717, 1.165) is 11.1 Å². The molecule has 0 aliphatic rings. The maximum absolute atomic E-state index is 10.9. The Morgan fingerprint density at radius 2 is 2.21 bits per heavy atom. The Balaban J connectivity index is 3.24. The number of benzene rings is 1. The van der Waals surface area contributed by atoms with E-state index in [1.807, 2.05) is 13.0 Å². The van der Waals surface area contributed by atoms with Crippen molar-refractivity contribution in [2.75, 3.05) is 6.54 Å². The first kappa shape index (κ1) is 11.2. The van der Waals surface area contributed by atoms with Crippen LogP contribution in [0.2, 0.25) is 0 Å². The van der Waals surface area contributed by atoms with Crippen LogP contribution in [0.5, 0.6) is 0 Å². The first-order valence-corrected chi connectivity index (χ1v) is 5.08. The summed E-state index contributed by atoms with van der Waals surface area (Å²) in [5, 5.41) is 8.92. The van der Waals surface area contributed by atoms with Crippen molar-refractivity contribution in [3.05, 3.63) is 33.3 Å². The smallest absolute Gasteiger partial charge is 0.336 e. The van der Waals surface area contributed by atoms with Gasteiger partial charge in [0.15, 0.2) is 0 Å². The van der Waals surface area contributed by atoms with Crippen LogP contribution >= 0.6 is 15.9 Å². The number of carboxylic acid groups (broad SMARTS) is 1. The van der Waals surface area contributed by atoms with E-state index in [1.165, 1.54) is 0 Å². The Labute approximate surface area is 91.1 Å². The molecule has 1 aromatic rings. The highest BCUT2D eigenvalue weighted by Gasteiger charge is 2.12. The number of hydrogen-bond donors (Lipinski definition) is 2. The topological polar surface area (TPSA) is 63.3 Å². The van der Waals surface area contributed by atoms with Gasteiger partial charge >= 0.3 is 5.97 Å². The standard InChI is InChI=1S/C10H12BrNO2/c1-6-4-7(2-3-12)9(11)8(5-6)10(13)14/h4-5H,2-3,12H2,1H3,(H,13,14). The van der Waals surface area contributed by atoms with E-state index in [9.17, 15) is 4.79 Å². The average Bonchev–Trinajstić information content (AvgIpc) is 2.10. The summed E-state index contributed by atoms with van der Waals surface area (Å²) in [6, 6.07) is 3.59. The molecule has 0 saturated heterocycles. The molecule has 76 valence electrons. The van der Waals surface area contributed by atoms with Gasteiger partial charge in [-0.2, -0.15) is 0 Å². The molecule has 3 nitrogen and oxygen atoms in total. The van der Waals surface area contributed by atoms with Gasteiger partial charge in [0.05, 0.1) is 5.56 Å². The fourth-order valence-electron chi connectivity index (χ4n) is 1.34. The predicted molar refractivity (Wildman–Crippen MR) is 58.6 cm³/mol. The first-order valence-electron chi connectivity index (χ1n) is 4.28. The Morgan fingerprint density at radius 1 is 1.57 bits per heavy atom. The van der Waals surface area contributed by atoms with Crippen molar-refractivity contribution in [1.29, 1.82) is 0 Å². The van der Waals surface area contributed by atoms with Crippen LogP contribution < -0.4 is 5.73 Å². The molecule has 0 fully saturated rings. The van der Waals surface area contributed by atoms with E-state index in [0.29, 0.717) is 23.0 Å². The lowest BCUT2D eigenvalue weighted by atomic mass is 10.0. The van der Waals surface area contributed by atoms with Gasteiger partial charge in [0.1, 0.15) is 0 Å². The summed E-state index contributed by atoms with van der Waals surface area (Å²) in [5.74, 6) is -0.918. The molecule has 1 aromatic carbocycles. The van der Waals surface area contributed by atoms with Crippen LogP contribution in [0.4, 0.5) is 0 Å². The lowest BCUT2D eigenvalue weighted by Crippen LogP contribution is -2.07. The van der Waals surface area contributed by atoms with Gasteiger partial charge in [0.2, 0.25) is 0 Å². The molecular weight excluding hydrogens is 246 g/mol. The zero-order valence-electron chi connectivity index (χ0n) is 7.88. The Morgan fingerprint density at radius 3 is 2.71 bits per heavy atom. The second-order valence-corrected chi connectivity index (χ2v) is 3.92. The molecule has 0 radical (unpaired) electrons. The van der Waals surface area contributed by atoms with Crippen LogP contribution in [0, 0.1) is 6.92 Å². The molecule has 0 aromatic heterocycles. The van der Waals surface area contributed by atoms with E-state index in [1.54, 1.807) is 6.07 Å². The third-order valence-corrected chi connectivity index (χ3v) is 2.87. The fraction of sp³-hybridized carbons (Fsp3) is 0.300. The van der Waals surface area contributed by atoms with Crippen LogP contribution in [0.15, 0.2) is 16.6 Å². The van der Waals surface area contributed by atoms with Crippen molar-refractivity contribution in [3.63, 3.8) is 0 Å². The summed E-state index contributed by atoms with van der Waals surface area (Å²) in [7, 11) is 0. The molecule has 3 N–H and O–H groups in total. The van der Waals surface area contributed by atoms with E-state index in [-0.39, 0.29) is 0 Å². The molecular formula is C10H12BrNO2. The number of nitrogens with two attached hydrogens (primary N) is 1. The minimum absolute atomic E-state index is 0.299. The van der Waals surface area contributed by atoms with Gasteiger partial charge in [-0.05, 0) is 53.0 Å². The summed E-state index contributed by atoms with van der Waals surface area (Å²) in [4.78, 5) is 10.9. The minimum atomic E-state index is -0.918. The molecule has 0 aliphatic heterocycles. The van der Waals surface area contributed by atoms with Crippen LogP contribution in [0.25, 0.3) is 0 Å². The van der Waals surface area contributed by atoms with Crippen molar-refractivity contribution in [1.82, 2.24) is 0 Å². The van der Waals surface area contributed by atoms with Gasteiger partial charge in [-0.1, -0.05) is 6.07 Å². The number of carboxylic acids is 1. The molecule has 0 aliphatic carbocycles. The highest BCUT2D eigenvalue weighted by molar-refractivity contribution is 9.10. The zero-order chi connectivity index (χ0) is 10.7. The molecule has 0 saturated carbocycles. The number of halogens is 1. The number of rotatable bonds is 3. The number of aromatic carboxylic acids is 1. The maximum atomic E-state index is 10.9. The summed E-state index contributed by atoms with van der Waals surface area (Å²) in [6.07, 6.45) is 0.683. The number of hydrogen-bond acceptors (Lipinski definition) is 2. The lowest BCUT2D eigenvalue weighted by Gasteiger charge is -2.07. The van der Waals surface area contributed by atoms with Crippen LogP contribution in [0.3, 0.4) is 0 Å². The number of carbonyl (C=O) groups is 1. The minimum Gasteiger partial charge on any atom is -0.478 e. The molecule has 0 spiro atoms. The SMILES string of the molecule is Cc1cc(CCN)c(Br)c(C(=O)O)c1. The first-order chi connectivity index (χ1) is 6.56. The van der Waals surface area contributed by atoms with Gasteiger partial charge in [0.25, 0.3) is 0 Å². The summed E-state index contributed by atoms with van der Waals surface area (Å²) < 4.78 is 0.640. The Hall–Kier alpha value is -0.870. The third kappa shape index (κ3) is 2.33. The predicted octanol–water partition coefficient (Wildman–Crippen LogP) is 1.96. The molecule has 4 heteroatoms. The highest BCUT2D eigenvalue weighted by atomic mass is 79.9. The summed E-state index contributed by atoms with van der Waals surface area (Å²) >= 11 is 3.28. The summed E-state index contributed by atoms with van der Waals surface area (Å²) in [6.45, 7) is 2.39. The van der Waals surface area contributed by atoms with Crippen molar-refractivity contribution in [2.24, 2.45) is 5.73 Å². The van der Waals surface area contributed by atoms with E-state index in [4.69, 9.17) is 10.8 Å². The normalized spacial score (nSPS) is 10.2. The quantitative estimate of drug-likeness (QED) is 0.871. The van der Waals surface area contributed by atoms with Crippen molar-refractivity contribution >= 4 is 21.9 Å². The van der Waals surface area contributed by atoms with Crippen molar-refractivity contribution in [3.8, 4) is 0 Å². The van der Waals surface area contributed by atoms with Gasteiger partial charge < -0.3 is 10.8 Å². The van der Waals surface area contributed by atoms with E-state index >= 15 is 0 Å². The van der Waals surface area contributed by atoms with Gasteiger partial charge in [-0.15, -0.1) is 0 Å². The molecule has 0 bridgehead atoms. The van der Waals surface area contributed by atoms with E-state index in [2.05, 4.69) is 15.9 Å². The molecule has 0 amide bonds. The molecule has 0 atom stereocenters. The van der Waals surface area contributed by atoms with Crippen LogP contribution in [0.1, 0.15) is 21.5 Å². The third-order valence-electron chi connectivity index (χ3n) is 1.94. The zero-order valence-corrected chi connectivity index (χ0v) is 9.47. The van der Waals surface area contributed by atoms with Crippen molar-refractivity contribution in [2.45, 2.75) is 13.3 Å². The van der Waals surface area contributed by atoms with Gasteiger partial charge in [-0.25, -0.2) is 4.79 Å². The Kier molecular flexibility index (Phi) is 3.66. The van der Waals surface area contributed by atoms with Gasteiger partial charge in [-0.3, -0.25) is 0 Å². The van der Waals surface area contributed by atoms with Crippen LogP contribution in [-0.2, 0) is 6.42 Å². The van der Waals surface area contributed by atoms with Crippen LogP contribution in [-0.4, -0.2) is 17.6 Å². The number of aryl methyl sites for hydroxylation is 1. The summed E-state index contributed by atoms with van der Waals surface area (Å²) in [5.41, 5.74) is 7.62. The van der Waals surface area contributed by atoms with Crippen molar-refractivity contribution < 1.29 is 9.90 Å². The second-order valence-electron chi connectivity index (χ2n) is 3.13. The van der Waals surface area contributed by atoms with E-state index < -0.39 is 5.97 Å². The fourth-order valence-corrected chi connectivity index (χ4v) is 1.93.